The number of nitrogens with zero attached hydrogens (tertiary/aromatic N) is 2. The molecule has 1 amide bonds. The molecule has 1 N–H and O–H groups in total. The van der Waals surface area contributed by atoms with E-state index in [1.165, 1.54) is 0 Å². The summed E-state index contributed by atoms with van der Waals surface area (Å²) in [6.07, 6.45) is 3.82. The second-order valence-electron chi connectivity index (χ2n) is 5.72. The van der Waals surface area contributed by atoms with Crippen LogP contribution in [-0.2, 0) is 0 Å². The molecule has 1 aromatic rings. The fraction of sp³-hybridized carbons (Fsp3) is 0.692. The van der Waals surface area contributed by atoms with E-state index in [2.05, 4.69) is 5.16 Å². The number of hydrogen-bond donors (Lipinski definition) is 1. The quantitative estimate of drug-likeness (QED) is 0.864. The summed E-state index contributed by atoms with van der Waals surface area (Å²) in [6.45, 7) is 2.82. The fourth-order valence-electron chi connectivity index (χ4n) is 2.51. The van der Waals surface area contributed by atoms with Gasteiger partial charge < -0.3 is 14.5 Å². The van der Waals surface area contributed by atoms with Crippen LogP contribution < -0.4 is 0 Å². The van der Waals surface area contributed by atoms with Gasteiger partial charge in [0, 0.05) is 25.1 Å². The number of aromatic nitrogens is 1. The minimum Gasteiger partial charge on any atom is -0.388 e. The summed E-state index contributed by atoms with van der Waals surface area (Å²) < 4.78 is 5.19. The van der Waals surface area contributed by atoms with Crippen LogP contribution in [0.3, 0.4) is 0 Å². The van der Waals surface area contributed by atoms with E-state index in [9.17, 15) is 9.90 Å². The van der Waals surface area contributed by atoms with Crippen molar-refractivity contribution in [3.8, 4) is 0 Å². The molecule has 1 saturated carbocycles. The van der Waals surface area contributed by atoms with Crippen molar-refractivity contribution in [2.24, 2.45) is 0 Å². The van der Waals surface area contributed by atoms with Crippen LogP contribution in [0.5, 0.6) is 0 Å². The zero-order valence-corrected chi connectivity index (χ0v) is 10.6. The summed E-state index contributed by atoms with van der Waals surface area (Å²) in [5.74, 6) is 1.15. The van der Waals surface area contributed by atoms with Crippen molar-refractivity contribution in [3.05, 3.63) is 17.5 Å². The van der Waals surface area contributed by atoms with Crippen molar-refractivity contribution in [2.75, 3.05) is 13.1 Å². The molecule has 0 spiro atoms. The second-order valence-corrected chi connectivity index (χ2v) is 5.72. The largest absolute Gasteiger partial charge is 0.388 e. The molecule has 2 aliphatic rings. The van der Waals surface area contributed by atoms with Crippen LogP contribution in [0.1, 0.15) is 54.8 Å². The Kier molecular flexibility index (Phi) is 2.66. The van der Waals surface area contributed by atoms with E-state index in [0.717, 1.165) is 31.4 Å². The Labute approximate surface area is 106 Å². The summed E-state index contributed by atoms with van der Waals surface area (Å²) >= 11 is 0. The number of carbonyl (C=O) groups excluding carboxylic acids is 1. The van der Waals surface area contributed by atoms with Gasteiger partial charge in [-0.15, -0.1) is 0 Å². The molecule has 5 heteroatoms. The van der Waals surface area contributed by atoms with Crippen molar-refractivity contribution in [3.63, 3.8) is 0 Å². The van der Waals surface area contributed by atoms with Crippen molar-refractivity contribution >= 4 is 5.91 Å². The molecule has 0 radical (unpaired) electrons. The van der Waals surface area contributed by atoms with Gasteiger partial charge in [0.15, 0.2) is 5.69 Å². The highest BCUT2D eigenvalue weighted by atomic mass is 16.5. The molecule has 0 bridgehead atoms. The summed E-state index contributed by atoms with van der Waals surface area (Å²) in [6, 6.07) is 1.75. The molecule has 1 atom stereocenters. The Morgan fingerprint density at radius 3 is 3.06 bits per heavy atom. The maximum atomic E-state index is 12.2. The lowest BCUT2D eigenvalue weighted by molar-refractivity contribution is -0.0110. The first-order valence-corrected chi connectivity index (χ1v) is 6.53. The monoisotopic (exact) mass is 250 g/mol. The average Bonchev–Trinajstić information content (AvgIpc) is 3.05. The Balaban J connectivity index is 1.72. The van der Waals surface area contributed by atoms with Gasteiger partial charge in [-0.3, -0.25) is 4.79 Å². The molecule has 1 aromatic heterocycles. The number of amides is 1. The zero-order chi connectivity index (χ0) is 12.8. The van der Waals surface area contributed by atoms with Crippen molar-refractivity contribution < 1.29 is 14.4 Å². The van der Waals surface area contributed by atoms with Gasteiger partial charge in [-0.05, 0) is 32.6 Å². The Hall–Kier alpha value is -1.36. The molecule has 2 fully saturated rings. The summed E-state index contributed by atoms with van der Waals surface area (Å²) in [4.78, 5) is 13.9. The molecule has 98 valence electrons. The SMILES string of the molecule is CC1(O)CCCN(C(=O)c2cc(C3CC3)on2)C1. The summed E-state index contributed by atoms with van der Waals surface area (Å²) in [7, 11) is 0. The lowest BCUT2D eigenvalue weighted by Crippen LogP contribution is -2.48. The van der Waals surface area contributed by atoms with Crippen molar-refractivity contribution in [2.45, 2.75) is 44.1 Å². The Morgan fingerprint density at radius 1 is 1.61 bits per heavy atom. The van der Waals surface area contributed by atoms with Crippen LogP contribution in [0.25, 0.3) is 0 Å². The smallest absolute Gasteiger partial charge is 0.276 e. The normalized spacial score (nSPS) is 28.4. The first-order valence-electron chi connectivity index (χ1n) is 6.53. The third-order valence-electron chi connectivity index (χ3n) is 3.69. The number of aliphatic hydroxyl groups is 1. The highest BCUT2D eigenvalue weighted by Crippen LogP contribution is 2.40. The van der Waals surface area contributed by atoms with E-state index in [4.69, 9.17) is 4.52 Å². The second kappa shape index (κ2) is 4.09. The van der Waals surface area contributed by atoms with E-state index in [0.29, 0.717) is 24.7 Å². The van der Waals surface area contributed by atoms with Gasteiger partial charge in [-0.2, -0.15) is 0 Å². The molecule has 18 heavy (non-hydrogen) atoms. The van der Waals surface area contributed by atoms with Gasteiger partial charge in [0.05, 0.1) is 5.60 Å². The molecule has 1 unspecified atom stereocenters. The lowest BCUT2D eigenvalue weighted by atomic mass is 9.95. The zero-order valence-electron chi connectivity index (χ0n) is 10.6. The Morgan fingerprint density at radius 2 is 2.39 bits per heavy atom. The number of piperidine rings is 1. The van der Waals surface area contributed by atoms with Crippen LogP contribution in [0.4, 0.5) is 0 Å². The van der Waals surface area contributed by atoms with Crippen LogP contribution in [-0.4, -0.2) is 39.8 Å². The van der Waals surface area contributed by atoms with E-state index in [1.54, 1.807) is 17.9 Å². The van der Waals surface area contributed by atoms with Crippen LogP contribution in [0.2, 0.25) is 0 Å². The lowest BCUT2D eigenvalue weighted by Gasteiger charge is -2.36. The summed E-state index contributed by atoms with van der Waals surface area (Å²) in [5, 5.41) is 13.9. The molecule has 1 aliphatic heterocycles. The highest BCUT2D eigenvalue weighted by molar-refractivity contribution is 5.92. The first kappa shape index (κ1) is 11.7. The molecule has 0 aromatic carbocycles. The number of β-amino-alcohol motifs (C(OH)–C–C–N with tert-alkyl or cyclic N) is 1. The maximum absolute atomic E-state index is 12.2. The first-order chi connectivity index (χ1) is 8.55. The highest BCUT2D eigenvalue weighted by Gasteiger charge is 2.34. The Bertz CT molecular complexity index is 463. The van der Waals surface area contributed by atoms with Gasteiger partial charge in [-0.1, -0.05) is 5.16 Å². The van der Waals surface area contributed by atoms with Crippen molar-refractivity contribution in [1.29, 1.82) is 0 Å². The molecule has 1 saturated heterocycles. The third-order valence-corrected chi connectivity index (χ3v) is 3.69. The van der Waals surface area contributed by atoms with E-state index >= 15 is 0 Å². The molecular weight excluding hydrogens is 232 g/mol. The summed E-state index contributed by atoms with van der Waals surface area (Å²) in [5.41, 5.74) is -0.411. The van der Waals surface area contributed by atoms with Gasteiger partial charge in [0.1, 0.15) is 5.76 Å². The molecular formula is C13H18N2O3. The maximum Gasteiger partial charge on any atom is 0.276 e. The predicted octanol–water partition coefficient (Wildman–Crippen LogP) is 1.54. The van der Waals surface area contributed by atoms with Gasteiger partial charge >= 0.3 is 0 Å². The number of carbonyl (C=O) groups is 1. The van der Waals surface area contributed by atoms with Crippen molar-refractivity contribution in [1.82, 2.24) is 10.1 Å². The molecule has 1 aliphatic carbocycles. The molecule has 5 nitrogen and oxygen atoms in total. The predicted molar refractivity (Wildman–Crippen MR) is 64.2 cm³/mol. The topological polar surface area (TPSA) is 66.6 Å². The number of likely N-dealkylation sites (tertiary alicyclic amines) is 1. The van der Waals surface area contributed by atoms with Crippen LogP contribution >= 0.6 is 0 Å². The van der Waals surface area contributed by atoms with Gasteiger partial charge in [0.2, 0.25) is 0 Å². The minimum atomic E-state index is -0.781. The van der Waals surface area contributed by atoms with E-state index < -0.39 is 5.60 Å². The standard InChI is InChI=1S/C13H18N2O3/c1-13(17)5-2-6-15(8-13)12(16)10-7-11(18-14-10)9-3-4-9/h7,9,17H,2-6,8H2,1H3. The molecule has 2 heterocycles. The van der Waals surface area contributed by atoms with Gasteiger partial charge in [0.25, 0.3) is 5.91 Å². The fourth-order valence-corrected chi connectivity index (χ4v) is 2.51. The van der Waals surface area contributed by atoms with E-state index in [1.807, 2.05) is 0 Å². The number of hydrogen-bond acceptors (Lipinski definition) is 4. The number of rotatable bonds is 2. The van der Waals surface area contributed by atoms with Crippen LogP contribution in [0.15, 0.2) is 10.6 Å². The minimum absolute atomic E-state index is 0.134. The third kappa shape index (κ3) is 2.27. The molecule has 3 rings (SSSR count). The average molecular weight is 250 g/mol. The van der Waals surface area contributed by atoms with Crippen LogP contribution in [0, 0.1) is 0 Å². The van der Waals surface area contributed by atoms with Gasteiger partial charge in [-0.25, -0.2) is 0 Å². The van der Waals surface area contributed by atoms with E-state index in [-0.39, 0.29) is 5.91 Å².